The van der Waals surface area contributed by atoms with Crippen molar-refractivity contribution >= 4 is 0 Å². The summed E-state index contributed by atoms with van der Waals surface area (Å²) in [6.45, 7) is 1.18. The molecule has 0 spiro atoms. The van der Waals surface area contributed by atoms with Gasteiger partial charge < -0.3 is 9.88 Å². The van der Waals surface area contributed by atoms with Crippen LogP contribution in [0.15, 0.2) is 18.3 Å². The molecule has 0 bridgehead atoms. The predicted molar refractivity (Wildman–Crippen MR) is 50.0 cm³/mol. The maximum Gasteiger partial charge on any atom is 0.0474 e. The average Bonchev–Trinajstić information content (AvgIpc) is 2.53. The summed E-state index contributed by atoms with van der Waals surface area (Å²) in [5, 5.41) is 3.54. The van der Waals surface area contributed by atoms with Crippen LogP contribution in [0.25, 0.3) is 0 Å². The molecule has 0 radical (unpaired) electrons. The SMILES string of the molecule is Cn1cccc1[C@@H]1CCCCN1. The zero-order valence-electron chi connectivity index (χ0n) is 7.59. The second kappa shape index (κ2) is 3.31. The smallest absolute Gasteiger partial charge is 0.0474 e. The van der Waals surface area contributed by atoms with E-state index in [2.05, 4.69) is 35.3 Å². The van der Waals surface area contributed by atoms with E-state index in [9.17, 15) is 0 Å². The molecule has 1 saturated heterocycles. The molecule has 1 aliphatic rings. The van der Waals surface area contributed by atoms with E-state index in [0.29, 0.717) is 6.04 Å². The van der Waals surface area contributed by atoms with Gasteiger partial charge in [-0.25, -0.2) is 0 Å². The summed E-state index contributed by atoms with van der Waals surface area (Å²) >= 11 is 0. The van der Waals surface area contributed by atoms with Crippen LogP contribution in [0.1, 0.15) is 31.0 Å². The molecule has 1 aliphatic heterocycles. The molecule has 0 saturated carbocycles. The average molecular weight is 164 g/mol. The first kappa shape index (κ1) is 7.87. The lowest BCUT2D eigenvalue weighted by molar-refractivity contribution is 0.398. The predicted octanol–water partition coefficient (Wildman–Crippen LogP) is 1.84. The van der Waals surface area contributed by atoms with Crippen molar-refractivity contribution in [1.82, 2.24) is 9.88 Å². The molecular formula is C10H16N2. The second-order valence-corrected chi connectivity index (χ2v) is 3.55. The Morgan fingerprint density at radius 3 is 3.00 bits per heavy atom. The maximum absolute atomic E-state index is 3.54. The Morgan fingerprint density at radius 2 is 2.42 bits per heavy atom. The van der Waals surface area contributed by atoms with Crippen molar-refractivity contribution in [2.45, 2.75) is 25.3 Å². The third-order valence-corrected chi connectivity index (χ3v) is 2.65. The molecule has 0 unspecified atom stereocenters. The van der Waals surface area contributed by atoms with Crippen LogP contribution in [0.4, 0.5) is 0 Å². The first-order valence-corrected chi connectivity index (χ1v) is 4.72. The molecule has 1 fully saturated rings. The lowest BCUT2D eigenvalue weighted by atomic mass is 10.0. The molecule has 12 heavy (non-hydrogen) atoms. The minimum atomic E-state index is 0.596. The van der Waals surface area contributed by atoms with Crippen LogP contribution in [-0.2, 0) is 7.05 Å². The minimum Gasteiger partial charge on any atom is -0.353 e. The zero-order chi connectivity index (χ0) is 8.39. The van der Waals surface area contributed by atoms with Gasteiger partial charge in [-0.1, -0.05) is 6.42 Å². The van der Waals surface area contributed by atoms with Crippen molar-refractivity contribution in [2.75, 3.05) is 6.54 Å². The van der Waals surface area contributed by atoms with Crippen molar-refractivity contribution in [1.29, 1.82) is 0 Å². The fraction of sp³-hybridized carbons (Fsp3) is 0.600. The van der Waals surface area contributed by atoms with Crippen molar-refractivity contribution in [2.24, 2.45) is 7.05 Å². The van der Waals surface area contributed by atoms with Gasteiger partial charge in [-0.05, 0) is 31.5 Å². The lowest BCUT2D eigenvalue weighted by Gasteiger charge is -2.23. The highest BCUT2D eigenvalue weighted by molar-refractivity contribution is 5.12. The van der Waals surface area contributed by atoms with Gasteiger partial charge in [0.2, 0.25) is 0 Å². The molecule has 0 aromatic carbocycles. The molecule has 1 atom stereocenters. The van der Waals surface area contributed by atoms with Crippen LogP contribution in [0.5, 0.6) is 0 Å². The lowest BCUT2D eigenvalue weighted by Crippen LogP contribution is -2.28. The van der Waals surface area contributed by atoms with Crippen LogP contribution in [0, 0.1) is 0 Å². The van der Waals surface area contributed by atoms with Gasteiger partial charge in [-0.2, -0.15) is 0 Å². The Balaban J connectivity index is 2.13. The standard InChI is InChI=1S/C10H16N2/c1-12-8-4-6-10(12)9-5-2-3-7-11-9/h4,6,8-9,11H,2-3,5,7H2,1H3/t9-/m0/s1. The Morgan fingerprint density at radius 1 is 1.50 bits per heavy atom. The maximum atomic E-state index is 3.54. The van der Waals surface area contributed by atoms with Gasteiger partial charge in [0.15, 0.2) is 0 Å². The Bertz CT molecular complexity index is 246. The number of nitrogens with one attached hydrogen (secondary N) is 1. The molecule has 0 aliphatic carbocycles. The minimum absolute atomic E-state index is 0.596. The Labute approximate surface area is 73.6 Å². The normalized spacial score (nSPS) is 24.2. The Kier molecular flexibility index (Phi) is 2.17. The molecule has 1 aromatic rings. The van der Waals surface area contributed by atoms with Crippen molar-refractivity contribution in [3.8, 4) is 0 Å². The Hall–Kier alpha value is -0.760. The van der Waals surface area contributed by atoms with E-state index in [-0.39, 0.29) is 0 Å². The molecular weight excluding hydrogens is 148 g/mol. The number of hydrogen-bond acceptors (Lipinski definition) is 1. The van der Waals surface area contributed by atoms with E-state index in [1.807, 2.05) is 0 Å². The van der Waals surface area contributed by atoms with Crippen molar-refractivity contribution in [3.63, 3.8) is 0 Å². The quantitative estimate of drug-likeness (QED) is 0.670. The van der Waals surface area contributed by atoms with Crippen molar-refractivity contribution < 1.29 is 0 Å². The van der Waals surface area contributed by atoms with E-state index in [4.69, 9.17) is 0 Å². The summed E-state index contributed by atoms with van der Waals surface area (Å²) < 4.78 is 2.21. The van der Waals surface area contributed by atoms with Crippen LogP contribution in [0.3, 0.4) is 0 Å². The van der Waals surface area contributed by atoms with Gasteiger partial charge in [0, 0.05) is 25.0 Å². The highest BCUT2D eigenvalue weighted by atomic mass is 15.0. The summed E-state index contributed by atoms with van der Waals surface area (Å²) in [6.07, 6.45) is 6.10. The van der Waals surface area contributed by atoms with Crippen LogP contribution in [-0.4, -0.2) is 11.1 Å². The highest BCUT2D eigenvalue weighted by Crippen LogP contribution is 2.22. The van der Waals surface area contributed by atoms with Crippen LogP contribution < -0.4 is 5.32 Å². The topological polar surface area (TPSA) is 17.0 Å². The van der Waals surface area contributed by atoms with E-state index < -0.39 is 0 Å². The summed E-state index contributed by atoms with van der Waals surface area (Å²) in [4.78, 5) is 0. The molecule has 2 rings (SSSR count). The van der Waals surface area contributed by atoms with Gasteiger partial charge >= 0.3 is 0 Å². The molecule has 2 nitrogen and oxygen atoms in total. The van der Waals surface area contributed by atoms with Gasteiger partial charge in [0.1, 0.15) is 0 Å². The number of nitrogens with zero attached hydrogens (tertiary/aromatic N) is 1. The molecule has 0 amide bonds. The molecule has 66 valence electrons. The summed E-state index contributed by atoms with van der Waals surface area (Å²) in [5.41, 5.74) is 1.43. The van der Waals surface area contributed by atoms with Gasteiger partial charge in [0.25, 0.3) is 0 Å². The summed E-state index contributed by atoms with van der Waals surface area (Å²) in [7, 11) is 2.12. The number of aryl methyl sites for hydroxylation is 1. The number of hydrogen-bond donors (Lipinski definition) is 1. The molecule has 1 aromatic heterocycles. The second-order valence-electron chi connectivity index (χ2n) is 3.55. The third kappa shape index (κ3) is 1.39. The largest absolute Gasteiger partial charge is 0.353 e. The van der Waals surface area contributed by atoms with Crippen LogP contribution >= 0.6 is 0 Å². The first-order chi connectivity index (χ1) is 5.88. The fourth-order valence-corrected chi connectivity index (χ4v) is 1.94. The molecule has 2 heteroatoms. The number of aromatic nitrogens is 1. The molecule has 1 N–H and O–H groups in total. The fourth-order valence-electron chi connectivity index (χ4n) is 1.94. The monoisotopic (exact) mass is 164 g/mol. The third-order valence-electron chi connectivity index (χ3n) is 2.65. The van der Waals surface area contributed by atoms with E-state index in [1.165, 1.54) is 31.5 Å². The zero-order valence-corrected chi connectivity index (χ0v) is 7.59. The summed E-state index contributed by atoms with van der Waals surface area (Å²) in [5.74, 6) is 0. The molecule has 2 heterocycles. The first-order valence-electron chi connectivity index (χ1n) is 4.72. The highest BCUT2D eigenvalue weighted by Gasteiger charge is 2.15. The van der Waals surface area contributed by atoms with Gasteiger partial charge in [-0.15, -0.1) is 0 Å². The number of rotatable bonds is 1. The summed E-state index contributed by atoms with van der Waals surface area (Å²) in [6, 6.07) is 4.92. The van der Waals surface area contributed by atoms with Crippen LogP contribution in [0.2, 0.25) is 0 Å². The van der Waals surface area contributed by atoms with Gasteiger partial charge in [0.05, 0.1) is 0 Å². The number of piperidine rings is 1. The van der Waals surface area contributed by atoms with E-state index in [0.717, 1.165) is 0 Å². The van der Waals surface area contributed by atoms with Crippen molar-refractivity contribution in [3.05, 3.63) is 24.0 Å². The van der Waals surface area contributed by atoms with Gasteiger partial charge in [-0.3, -0.25) is 0 Å². The van der Waals surface area contributed by atoms with E-state index in [1.54, 1.807) is 0 Å². The van der Waals surface area contributed by atoms with E-state index >= 15 is 0 Å².